The van der Waals surface area contributed by atoms with Crippen molar-refractivity contribution in [2.45, 2.75) is 33.5 Å². The van der Waals surface area contributed by atoms with Crippen molar-refractivity contribution in [1.82, 2.24) is 29.8 Å². The lowest BCUT2D eigenvalue weighted by Crippen LogP contribution is -2.72. The maximum Gasteiger partial charge on any atom is 0.324 e. The van der Waals surface area contributed by atoms with E-state index in [1.807, 2.05) is 0 Å². The minimum absolute atomic E-state index is 0.275. The van der Waals surface area contributed by atoms with Gasteiger partial charge in [0.05, 0.1) is 0 Å². The fraction of sp³-hybridized carbons (Fsp3) is 0.857. The first kappa shape index (κ1) is 12.6. The van der Waals surface area contributed by atoms with Crippen molar-refractivity contribution in [3.63, 3.8) is 0 Å². The molecule has 1 aliphatic rings. The second-order valence-electron chi connectivity index (χ2n) is 4.60. The van der Waals surface area contributed by atoms with E-state index >= 15 is 0 Å². The molecular formula is C7H17B2N7Si. The summed E-state index contributed by atoms with van der Waals surface area (Å²) in [6.45, 7) is 9.54. The molecule has 17 heavy (non-hydrogen) atoms. The number of hydrogen-bond donors (Lipinski definition) is 1. The Bertz CT molecular complexity index is 361. The van der Waals surface area contributed by atoms with Crippen LogP contribution in [0, 0.1) is 0 Å². The number of hydrogen-bond acceptors (Lipinski definition) is 6. The number of nitrogens with one attached hydrogen (secondary N) is 1. The zero-order chi connectivity index (χ0) is 12.6. The van der Waals surface area contributed by atoms with E-state index in [0.29, 0.717) is 28.8 Å². The molecule has 2 heterocycles. The minimum atomic E-state index is 0.275. The highest BCUT2D eigenvalue weighted by atomic mass is 28.2. The molecule has 0 saturated carbocycles. The van der Waals surface area contributed by atoms with Crippen LogP contribution in [0.2, 0.25) is 13.6 Å². The summed E-state index contributed by atoms with van der Waals surface area (Å²) in [4.78, 5) is 0. The first-order valence-corrected chi connectivity index (χ1v) is 6.71. The third-order valence-electron chi connectivity index (χ3n) is 3.21. The Morgan fingerprint density at radius 1 is 1.29 bits per heavy atom. The third-order valence-corrected chi connectivity index (χ3v) is 4.69. The van der Waals surface area contributed by atoms with Gasteiger partial charge in [-0.15, -0.1) is 5.10 Å². The highest BCUT2D eigenvalue weighted by molar-refractivity contribution is 6.86. The standard InChI is InChI=1S/C7H17B2N7Si/c1-6(2)15-8(3)14(5)17-16(9(15)4)7-10-12-13-11-7/h6H,1-5H3,(H,10,11,12,13). The minimum Gasteiger partial charge on any atom is -0.383 e. The van der Waals surface area contributed by atoms with Gasteiger partial charge in [-0.05, 0) is 18.3 Å². The van der Waals surface area contributed by atoms with E-state index < -0.39 is 0 Å². The van der Waals surface area contributed by atoms with Crippen LogP contribution in [0.15, 0.2) is 0 Å². The average Bonchev–Trinajstić information content (AvgIpc) is 2.76. The van der Waals surface area contributed by atoms with Crippen molar-refractivity contribution in [2.24, 2.45) is 0 Å². The van der Waals surface area contributed by atoms with Crippen LogP contribution in [0.1, 0.15) is 13.8 Å². The molecule has 0 atom stereocenters. The van der Waals surface area contributed by atoms with Gasteiger partial charge in [0, 0.05) is 0 Å². The second kappa shape index (κ2) is 4.79. The predicted molar refractivity (Wildman–Crippen MR) is 70.4 cm³/mol. The molecule has 0 aromatic carbocycles. The van der Waals surface area contributed by atoms with Crippen LogP contribution in [-0.2, 0) is 0 Å². The fourth-order valence-corrected chi connectivity index (χ4v) is 3.44. The molecule has 1 N–H and O–H groups in total. The van der Waals surface area contributed by atoms with Crippen LogP contribution >= 0.6 is 0 Å². The van der Waals surface area contributed by atoms with E-state index in [9.17, 15) is 0 Å². The van der Waals surface area contributed by atoms with Crippen molar-refractivity contribution >= 4 is 29.8 Å². The monoisotopic (exact) mass is 249 g/mol. The topological polar surface area (TPSA) is 64.2 Å². The van der Waals surface area contributed by atoms with Gasteiger partial charge in [-0.1, -0.05) is 32.6 Å². The van der Waals surface area contributed by atoms with Gasteiger partial charge < -0.3 is 13.7 Å². The lowest BCUT2D eigenvalue weighted by Gasteiger charge is -2.48. The number of anilines is 1. The van der Waals surface area contributed by atoms with Crippen LogP contribution < -0.4 is 4.48 Å². The van der Waals surface area contributed by atoms with Gasteiger partial charge in [0.1, 0.15) is 0 Å². The van der Waals surface area contributed by atoms with Gasteiger partial charge in [-0.3, -0.25) is 0 Å². The van der Waals surface area contributed by atoms with Gasteiger partial charge in [-0.25, -0.2) is 0 Å². The van der Waals surface area contributed by atoms with Crippen LogP contribution in [0.4, 0.5) is 5.95 Å². The Balaban J connectivity index is 2.25. The summed E-state index contributed by atoms with van der Waals surface area (Å²) in [5.41, 5.74) is 0. The van der Waals surface area contributed by atoms with Gasteiger partial charge in [-0.2, -0.15) is 5.21 Å². The molecule has 1 aliphatic heterocycles. The Kier molecular flexibility index (Phi) is 3.55. The molecule has 2 radical (unpaired) electrons. The summed E-state index contributed by atoms with van der Waals surface area (Å²) in [7, 11) is 2.66. The SMILES string of the molecule is CB1N(C)[Si]N(c2nn[nH]n2)B(C)N1C(C)C. The highest BCUT2D eigenvalue weighted by Gasteiger charge is 2.42. The third kappa shape index (κ3) is 2.24. The predicted octanol–water partition coefficient (Wildman–Crippen LogP) is -0.568. The maximum atomic E-state index is 4.08. The number of nitrogens with zero attached hydrogens (tertiary/aromatic N) is 6. The Labute approximate surface area is 105 Å². The van der Waals surface area contributed by atoms with Crippen molar-refractivity contribution in [3.05, 3.63) is 0 Å². The summed E-state index contributed by atoms with van der Waals surface area (Å²) in [6.07, 6.45) is 0. The van der Waals surface area contributed by atoms with E-state index in [1.165, 1.54) is 0 Å². The maximum absolute atomic E-state index is 4.08. The number of tetrazole rings is 1. The number of H-pyrrole nitrogens is 1. The van der Waals surface area contributed by atoms with E-state index in [4.69, 9.17) is 0 Å². The van der Waals surface area contributed by atoms with E-state index in [2.05, 4.69) is 68.8 Å². The van der Waals surface area contributed by atoms with E-state index in [1.54, 1.807) is 0 Å². The summed E-state index contributed by atoms with van der Waals surface area (Å²) in [5.74, 6) is 0.667. The number of rotatable bonds is 2. The Morgan fingerprint density at radius 3 is 2.53 bits per heavy atom. The van der Waals surface area contributed by atoms with Gasteiger partial charge in [0.15, 0.2) is 0 Å². The molecule has 0 aliphatic carbocycles. The van der Waals surface area contributed by atoms with Crippen molar-refractivity contribution < 1.29 is 0 Å². The Morgan fingerprint density at radius 2 is 2.00 bits per heavy atom. The smallest absolute Gasteiger partial charge is 0.324 e. The summed E-state index contributed by atoms with van der Waals surface area (Å²) in [5, 5.41) is 14.3. The molecule has 1 saturated heterocycles. The van der Waals surface area contributed by atoms with E-state index in [0.717, 1.165) is 0 Å². The molecule has 0 spiro atoms. The molecule has 1 aromatic heterocycles. The fourth-order valence-electron chi connectivity index (χ4n) is 2.32. The molecule has 10 heteroatoms. The molecule has 1 fully saturated rings. The zero-order valence-corrected chi connectivity index (χ0v) is 11.9. The highest BCUT2D eigenvalue weighted by Crippen LogP contribution is 2.19. The second-order valence-corrected chi connectivity index (χ2v) is 5.98. The average molecular weight is 249 g/mol. The summed E-state index contributed by atoms with van der Waals surface area (Å²) in [6, 6.07) is 0.474. The van der Waals surface area contributed by atoms with Crippen molar-refractivity contribution in [3.8, 4) is 0 Å². The first-order valence-electron chi connectivity index (χ1n) is 5.81. The van der Waals surface area contributed by atoms with Crippen LogP contribution in [-0.4, -0.2) is 66.7 Å². The van der Waals surface area contributed by atoms with Gasteiger partial charge in [0.25, 0.3) is 16.8 Å². The lowest BCUT2D eigenvalue weighted by atomic mass is 9.61. The molecule has 0 bridgehead atoms. The molecule has 0 amide bonds. The molecular weight excluding hydrogens is 232 g/mol. The number of aromatic nitrogens is 4. The van der Waals surface area contributed by atoms with Crippen molar-refractivity contribution in [2.75, 3.05) is 11.5 Å². The largest absolute Gasteiger partial charge is 0.383 e. The molecule has 1 aromatic rings. The quantitative estimate of drug-likeness (QED) is 0.708. The van der Waals surface area contributed by atoms with Crippen LogP contribution in [0.5, 0.6) is 0 Å². The zero-order valence-electron chi connectivity index (χ0n) is 10.9. The molecule has 90 valence electrons. The molecule has 0 unspecified atom stereocenters. The van der Waals surface area contributed by atoms with Crippen LogP contribution in [0.3, 0.4) is 0 Å². The van der Waals surface area contributed by atoms with Gasteiger partial charge >= 0.3 is 6.98 Å². The van der Waals surface area contributed by atoms with Crippen LogP contribution in [0.25, 0.3) is 0 Å². The summed E-state index contributed by atoms with van der Waals surface area (Å²) < 4.78 is 6.91. The van der Waals surface area contributed by atoms with Gasteiger partial charge in [0.2, 0.25) is 5.95 Å². The molecule has 2 rings (SSSR count). The Hall–Kier alpha value is -0.863. The normalized spacial score (nSPS) is 19.5. The number of aromatic amines is 1. The lowest BCUT2D eigenvalue weighted by molar-refractivity contribution is 0.488. The van der Waals surface area contributed by atoms with Crippen molar-refractivity contribution in [1.29, 1.82) is 0 Å². The summed E-state index contributed by atoms with van der Waals surface area (Å²) >= 11 is 0. The first-order chi connectivity index (χ1) is 8.02. The van der Waals surface area contributed by atoms with E-state index in [-0.39, 0.29) is 6.98 Å². The molecule has 7 nitrogen and oxygen atoms in total.